The number of nitrogens with one attached hydrogen (secondary N) is 1. The number of aryl methyl sites for hydroxylation is 2. The van der Waals surface area contributed by atoms with Gasteiger partial charge < -0.3 is 10.4 Å². The highest BCUT2D eigenvalue weighted by Gasteiger charge is 2.20. The molecule has 0 unspecified atom stereocenters. The van der Waals surface area contributed by atoms with Crippen molar-refractivity contribution in [2.24, 2.45) is 0 Å². The fraction of sp³-hybridized carbons (Fsp3) is 0.286. The van der Waals surface area contributed by atoms with Crippen LogP contribution in [-0.2, 0) is 12.2 Å². The van der Waals surface area contributed by atoms with Crippen LogP contribution in [0.2, 0.25) is 0 Å². The molecule has 2 aromatic heterocycles. The summed E-state index contributed by atoms with van der Waals surface area (Å²) in [6.45, 7) is 1.83. The minimum absolute atomic E-state index is 0.155. The Morgan fingerprint density at radius 3 is 2.81 bits per heavy atom. The first-order chi connectivity index (χ1) is 10.0. The zero-order valence-electron chi connectivity index (χ0n) is 11.3. The van der Waals surface area contributed by atoms with E-state index in [9.17, 15) is 9.59 Å². The molecule has 3 heterocycles. The Labute approximate surface area is 134 Å². The second-order valence-corrected chi connectivity index (χ2v) is 8.22. The van der Waals surface area contributed by atoms with Gasteiger partial charge in [-0.3, -0.25) is 4.79 Å². The molecule has 7 heteroatoms. The zero-order chi connectivity index (χ0) is 15.0. The number of thiophene rings is 2. The highest BCUT2D eigenvalue weighted by molar-refractivity contribution is 7.98. The average Bonchev–Trinajstić information content (AvgIpc) is 3.02. The minimum Gasteiger partial charge on any atom is -0.478 e. The largest absolute Gasteiger partial charge is 0.478 e. The highest BCUT2D eigenvalue weighted by Crippen LogP contribution is 2.33. The lowest BCUT2D eigenvalue weighted by Gasteiger charge is -2.08. The molecule has 0 bridgehead atoms. The van der Waals surface area contributed by atoms with E-state index in [1.807, 2.05) is 24.8 Å². The third-order valence-electron chi connectivity index (χ3n) is 3.16. The zero-order valence-corrected chi connectivity index (χ0v) is 13.7. The molecule has 2 aromatic rings. The molecule has 1 aliphatic heterocycles. The monoisotopic (exact) mass is 339 g/mol. The number of hydrogen-bond acceptors (Lipinski definition) is 5. The maximum absolute atomic E-state index is 12.3. The van der Waals surface area contributed by atoms with Crippen molar-refractivity contribution < 1.29 is 14.7 Å². The topological polar surface area (TPSA) is 66.4 Å². The van der Waals surface area contributed by atoms with Crippen LogP contribution in [0.1, 0.15) is 35.3 Å². The van der Waals surface area contributed by atoms with E-state index in [0.29, 0.717) is 9.88 Å². The Morgan fingerprint density at radius 2 is 2.10 bits per heavy atom. The van der Waals surface area contributed by atoms with Gasteiger partial charge in [0.1, 0.15) is 5.00 Å². The van der Waals surface area contributed by atoms with Crippen molar-refractivity contribution in [3.63, 3.8) is 0 Å². The summed E-state index contributed by atoms with van der Waals surface area (Å²) in [7, 11) is 0. The molecule has 4 nitrogen and oxygen atoms in total. The number of fused-ring (bicyclic) bond motifs is 1. The van der Waals surface area contributed by atoms with E-state index in [1.54, 1.807) is 6.07 Å². The lowest BCUT2D eigenvalue weighted by Crippen LogP contribution is -2.11. The van der Waals surface area contributed by atoms with Gasteiger partial charge in [-0.2, -0.15) is 11.8 Å². The fourth-order valence-corrected chi connectivity index (χ4v) is 5.36. The smallest absolute Gasteiger partial charge is 0.338 e. The van der Waals surface area contributed by atoms with Gasteiger partial charge in [0.05, 0.1) is 10.4 Å². The standard InChI is InChI=1S/C14H13NO3S3/c1-7-4-9(14(17)18)13(20-7)15-12(16)11-5-8-6-19-3-2-10(8)21-11/h4-5H,2-3,6H2,1H3,(H,15,16)(H,17,18). The number of amides is 1. The average molecular weight is 339 g/mol. The summed E-state index contributed by atoms with van der Waals surface area (Å²) in [5.74, 6) is 0.819. The van der Waals surface area contributed by atoms with Gasteiger partial charge in [-0.05, 0) is 36.8 Å². The van der Waals surface area contributed by atoms with Crippen LogP contribution in [-0.4, -0.2) is 22.7 Å². The van der Waals surface area contributed by atoms with Gasteiger partial charge in [0.25, 0.3) is 5.91 Å². The van der Waals surface area contributed by atoms with E-state index in [2.05, 4.69) is 5.32 Å². The van der Waals surface area contributed by atoms with Crippen molar-refractivity contribution in [2.45, 2.75) is 19.1 Å². The van der Waals surface area contributed by atoms with Crippen LogP contribution < -0.4 is 5.32 Å². The first-order valence-electron chi connectivity index (χ1n) is 6.39. The lowest BCUT2D eigenvalue weighted by atomic mass is 10.2. The van der Waals surface area contributed by atoms with Crippen molar-refractivity contribution in [2.75, 3.05) is 11.1 Å². The molecular formula is C14H13NO3S3. The third-order valence-corrected chi connectivity index (χ3v) is 6.37. The van der Waals surface area contributed by atoms with Crippen molar-refractivity contribution in [1.29, 1.82) is 0 Å². The Morgan fingerprint density at radius 1 is 1.29 bits per heavy atom. The molecule has 1 aliphatic rings. The predicted molar refractivity (Wildman–Crippen MR) is 88.2 cm³/mol. The maximum atomic E-state index is 12.3. The van der Waals surface area contributed by atoms with E-state index in [0.717, 1.165) is 22.8 Å². The van der Waals surface area contributed by atoms with Crippen molar-refractivity contribution >= 4 is 51.3 Å². The molecule has 0 radical (unpaired) electrons. The summed E-state index contributed by atoms with van der Waals surface area (Å²) in [4.78, 5) is 26.3. The maximum Gasteiger partial charge on any atom is 0.338 e. The number of hydrogen-bond donors (Lipinski definition) is 2. The number of carbonyl (C=O) groups excluding carboxylic acids is 1. The Balaban J connectivity index is 1.83. The van der Waals surface area contributed by atoms with E-state index in [1.165, 1.54) is 33.1 Å². The summed E-state index contributed by atoms with van der Waals surface area (Å²) in [6.07, 6.45) is 1.01. The molecular weight excluding hydrogens is 326 g/mol. The van der Waals surface area contributed by atoms with Gasteiger partial charge >= 0.3 is 5.97 Å². The van der Waals surface area contributed by atoms with Crippen LogP contribution in [0, 0.1) is 6.92 Å². The molecule has 0 aromatic carbocycles. The summed E-state index contributed by atoms with van der Waals surface area (Å²) in [6, 6.07) is 3.51. The minimum atomic E-state index is -1.02. The molecule has 0 spiro atoms. The first kappa shape index (κ1) is 14.6. The predicted octanol–water partition coefficient (Wildman–Crippen LogP) is 3.86. The number of aromatic carboxylic acids is 1. The number of carboxylic acids is 1. The number of thioether (sulfide) groups is 1. The number of carbonyl (C=O) groups is 2. The van der Waals surface area contributed by atoms with E-state index in [4.69, 9.17) is 5.11 Å². The molecule has 0 atom stereocenters. The molecule has 0 saturated carbocycles. The SMILES string of the molecule is Cc1cc(C(=O)O)c(NC(=O)c2cc3c(s2)CCSC3)s1. The summed E-state index contributed by atoms with van der Waals surface area (Å²) >= 11 is 4.68. The molecule has 0 fully saturated rings. The Kier molecular flexibility index (Phi) is 4.05. The van der Waals surface area contributed by atoms with E-state index < -0.39 is 5.97 Å². The van der Waals surface area contributed by atoms with Gasteiger partial charge in [0.15, 0.2) is 0 Å². The molecule has 0 saturated heterocycles. The van der Waals surface area contributed by atoms with Gasteiger partial charge in [-0.25, -0.2) is 4.79 Å². The molecule has 1 amide bonds. The molecule has 21 heavy (non-hydrogen) atoms. The highest BCUT2D eigenvalue weighted by atomic mass is 32.2. The molecule has 110 valence electrons. The fourth-order valence-electron chi connectivity index (χ4n) is 2.19. The van der Waals surface area contributed by atoms with Crippen molar-refractivity contribution in [3.05, 3.63) is 37.9 Å². The lowest BCUT2D eigenvalue weighted by molar-refractivity contribution is 0.0698. The van der Waals surface area contributed by atoms with E-state index >= 15 is 0 Å². The van der Waals surface area contributed by atoms with Crippen LogP contribution in [0.3, 0.4) is 0 Å². The van der Waals surface area contributed by atoms with E-state index in [-0.39, 0.29) is 11.5 Å². The number of rotatable bonds is 3. The normalized spacial score (nSPS) is 13.8. The third kappa shape index (κ3) is 3.00. The molecule has 2 N–H and O–H groups in total. The van der Waals surface area contributed by atoms with Gasteiger partial charge in [-0.1, -0.05) is 0 Å². The van der Waals surface area contributed by atoms with Gasteiger partial charge in [0, 0.05) is 15.5 Å². The van der Waals surface area contributed by atoms with Crippen LogP contribution in [0.25, 0.3) is 0 Å². The Hall–Kier alpha value is -1.31. The van der Waals surface area contributed by atoms with Crippen LogP contribution in [0.4, 0.5) is 5.00 Å². The van der Waals surface area contributed by atoms with Crippen LogP contribution in [0.5, 0.6) is 0 Å². The number of anilines is 1. The van der Waals surface area contributed by atoms with Crippen LogP contribution >= 0.6 is 34.4 Å². The van der Waals surface area contributed by atoms with Gasteiger partial charge in [-0.15, -0.1) is 22.7 Å². The summed E-state index contributed by atoms with van der Waals surface area (Å²) < 4.78 is 0. The van der Waals surface area contributed by atoms with Crippen molar-refractivity contribution in [1.82, 2.24) is 0 Å². The molecule has 3 rings (SSSR count). The summed E-state index contributed by atoms with van der Waals surface area (Å²) in [5.41, 5.74) is 1.39. The second-order valence-electron chi connectivity index (χ2n) is 4.72. The van der Waals surface area contributed by atoms with Crippen molar-refractivity contribution in [3.8, 4) is 0 Å². The van der Waals surface area contributed by atoms with Gasteiger partial charge in [0.2, 0.25) is 0 Å². The molecule has 0 aliphatic carbocycles. The summed E-state index contributed by atoms with van der Waals surface area (Å²) in [5, 5.41) is 12.3. The van der Waals surface area contributed by atoms with Crippen LogP contribution in [0.15, 0.2) is 12.1 Å². The number of carboxylic acid groups (broad SMARTS) is 1. The first-order valence-corrected chi connectivity index (χ1v) is 9.18. The second kappa shape index (κ2) is 5.82. The quantitative estimate of drug-likeness (QED) is 0.891. The Bertz CT molecular complexity index is 694.